The first kappa shape index (κ1) is 22.6. The van der Waals surface area contributed by atoms with Gasteiger partial charge in [-0.2, -0.15) is 0 Å². The highest BCUT2D eigenvalue weighted by molar-refractivity contribution is 6.31. The van der Waals surface area contributed by atoms with Gasteiger partial charge < -0.3 is 0 Å². The summed E-state index contributed by atoms with van der Waals surface area (Å²) >= 11 is 6.82. The third-order valence-electron chi connectivity index (χ3n) is 6.53. The van der Waals surface area contributed by atoms with Crippen molar-refractivity contribution in [2.75, 3.05) is 0 Å². The average Bonchev–Trinajstić information content (AvgIpc) is 2.67. The van der Waals surface area contributed by atoms with Gasteiger partial charge in [0.25, 0.3) is 0 Å². The molecular weight excluding hydrogens is 391 g/mol. The van der Waals surface area contributed by atoms with Crippen LogP contribution >= 0.6 is 11.6 Å². The average molecular weight is 423 g/mol. The van der Waals surface area contributed by atoms with E-state index in [4.69, 9.17) is 11.6 Å². The summed E-state index contributed by atoms with van der Waals surface area (Å²) in [5, 5.41) is 0.715. The zero-order valence-electron chi connectivity index (χ0n) is 19.1. The van der Waals surface area contributed by atoms with Gasteiger partial charge in [-0.1, -0.05) is 102 Å². The molecule has 0 aliphatic heterocycles. The summed E-state index contributed by atoms with van der Waals surface area (Å²) in [7, 11) is 0. The lowest BCUT2D eigenvalue weighted by molar-refractivity contribution is 0.579. The normalized spacial score (nSPS) is 12.5. The van der Waals surface area contributed by atoms with Crippen molar-refractivity contribution in [3.63, 3.8) is 0 Å². The van der Waals surface area contributed by atoms with Crippen molar-refractivity contribution in [2.45, 2.75) is 65.2 Å². The predicted octanol–water partition coefficient (Wildman–Crippen LogP) is 8.56. The van der Waals surface area contributed by atoms with Crippen molar-refractivity contribution in [1.29, 1.82) is 0 Å². The van der Waals surface area contributed by atoms with E-state index in [1.165, 1.54) is 16.7 Å². The molecule has 0 spiro atoms. The monoisotopic (exact) mass is 422 g/mol. The van der Waals surface area contributed by atoms with Crippen molar-refractivity contribution >= 4 is 11.6 Å². The zero-order chi connectivity index (χ0) is 22.3. The van der Waals surface area contributed by atoms with E-state index in [0.29, 0.717) is 5.02 Å². The molecule has 0 N–H and O–H groups in total. The van der Waals surface area contributed by atoms with Crippen molar-refractivity contribution in [3.05, 3.63) is 105 Å². The van der Waals surface area contributed by atoms with E-state index < -0.39 is 5.41 Å². The molecule has 0 fully saturated rings. The van der Waals surface area contributed by atoms with Gasteiger partial charge in [0.2, 0.25) is 0 Å². The Morgan fingerprint density at radius 3 is 1.90 bits per heavy atom. The van der Waals surface area contributed by atoms with Crippen LogP contribution in [0, 0.1) is 12.7 Å². The molecular formula is C28H32ClF. The first-order chi connectivity index (χ1) is 14.0. The largest absolute Gasteiger partial charge is 0.207 e. The van der Waals surface area contributed by atoms with E-state index in [1.54, 1.807) is 6.07 Å². The van der Waals surface area contributed by atoms with Crippen LogP contribution < -0.4 is 0 Å². The van der Waals surface area contributed by atoms with Crippen molar-refractivity contribution in [2.24, 2.45) is 0 Å². The van der Waals surface area contributed by atoms with E-state index in [-0.39, 0.29) is 17.2 Å². The predicted molar refractivity (Wildman–Crippen MR) is 127 cm³/mol. The highest BCUT2D eigenvalue weighted by Gasteiger charge is 2.30. The van der Waals surface area contributed by atoms with Gasteiger partial charge in [-0.15, -0.1) is 0 Å². The molecule has 0 amide bonds. The summed E-state index contributed by atoms with van der Waals surface area (Å²) in [6.45, 7) is 14.8. The fraction of sp³-hybridized carbons (Fsp3) is 0.357. The van der Waals surface area contributed by atoms with Crippen LogP contribution in [0.2, 0.25) is 5.02 Å². The maximum Gasteiger partial charge on any atom is 0.126 e. The molecule has 0 bridgehead atoms. The van der Waals surface area contributed by atoms with E-state index >= 15 is 0 Å². The van der Waals surface area contributed by atoms with E-state index in [1.807, 2.05) is 26.0 Å². The lowest BCUT2D eigenvalue weighted by Gasteiger charge is -2.31. The van der Waals surface area contributed by atoms with E-state index in [2.05, 4.69) is 77.1 Å². The van der Waals surface area contributed by atoms with Gasteiger partial charge >= 0.3 is 0 Å². The van der Waals surface area contributed by atoms with Gasteiger partial charge in [-0.3, -0.25) is 0 Å². The Morgan fingerprint density at radius 1 is 0.767 bits per heavy atom. The topological polar surface area (TPSA) is 0 Å². The molecule has 0 saturated heterocycles. The lowest BCUT2D eigenvalue weighted by atomic mass is 9.73. The fourth-order valence-electron chi connectivity index (χ4n) is 4.38. The van der Waals surface area contributed by atoms with E-state index in [9.17, 15) is 4.39 Å². The van der Waals surface area contributed by atoms with Crippen LogP contribution in [-0.4, -0.2) is 0 Å². The number of hydrogen-bond donors (Lipinski definition) is 0. The van der Waals surface area contributed by atoms with Gasteiger partial charge in [0.05, 0.1) is 0 Å². The lowest BCUT2D eigenvalue weighted by Crippen LogP contribution is -2.23. The third-order valence-corrected chi connectivity index (χ3v) is 6.84. The summed E-state index contributed by atoms with van der Waals surface area (Å²) in [6.07, 6.45) is 0. The maximum absolute atomic E-state index is 14.7. The second kappa shape index (κ2) is 8.19. The zero-order valence-corrected chi connectivity index (χ0v) is 19.9. The molecule has 0 aliphatic carbocycles. The summed E-state index contributed by atoms with van der Waals surface area (Å²) in [6, 6.07) is 20.4. The van der Waals surface area contributed by atoms with Crippen LogP contribution in [0.1, 0.15) is 80.8 Å². The molecule has 0 unspecified atom stereocenters. The van der Waals surface area contributed by atoms with Crippen LogP contribution in [0.5, 0.6) is 0 Å². The Bertz CT molecular complexity index is 1060. The number of aryl methyl sites for hydroxylation is 1. The molecule has 0 atom stereocenters. The minimum atomic E-state index is -0.404. The SMILES string of the molecule is Cc1ccccc1C(C)(C)c1ccc(C(C)(C)c2ccc(C(C)C)c(F)c2)c(Cl)c1. The summed E-state index contributed by atoms with van der Waals surface area (Å²) in [5.74, 6) is 0.0118. The molecule has 0 aromatic heterocycles. The number of hydrogen-bond acceptors (Lipinski definition) is 0. The number of benzene rings is 3. The fourth-order valence-corrected chi connectivity index (χ4v) is 4.80. The Kier molecular flexibility index (Phi) is 6.16. The maximum atomic E-state index is 14.7. The first-order valence-corrected chi connectivity index (χ1v) is 11.0. The molecule has 2 heteroatoms. The van der Waals surface area contributed by atoms with Gasteiger partial charge in [0.15, 0.2) is 0 Å². The Morgan fingerprint density at radius 2 is 1.33 bits per heavy atom. The quantitative estimate of drug-likeness (QED) is 0.386. The van der Waals surface area contributed by atoms with Crippen LogP contribution in [-0.2, 0) is 10.8 Å². The minimum absolute atomic E-state index is 0.149. The molecule has 158 valence electrons. The highest BCUT2D eigenvalue weighted by atomic mass is 35.5. The molecule has 3 aromatic carbocycles. The minimum Gasteiger partial charge on any atom is -0.207 e. The van der Waals surface area contributed by atoms with Gasteiger partial charge in [-0.05, 0) is 58.4 Å². The van der Waals surface area contributed by atoms with E-state index in [0.717, 1.165) is 16.7 Å². The molecule has 0 radical (unpaired) electrons. The Hall–Kier alpha value is -2.12. The number of rotatable bonds is 5. The van der Waals surface area contributed by atoms with Crippen LogP contribution in [0.4, 0.5) is 4.39 Å². The first-order valence-electron chi connectivity index (χ1n) is 10.6. The Balaban J connectivity index is 2.02. The van der Waals surface area contributed by atoms with Crippen molar-refractivity contribution in [3.8, 4) is 0 Å². The van der Waals surface area contributed by atoms with Crippen LogP contribution in [0.15, 0.2) is 60.7 Å². The molecule has 0 heterocycles. The van der Waals surface area contributed by atoms with Crippen LogP contribution in [0.3, 0.4) is 0 Å². The Labute approximate surface area is 186 Å². The smallest absolute Gasteiger partial charge is 0.126 e. The third kappa shape index (κ3) is 4.05. The molecule has 0 aliphatic rings. The second-order valence-electron chi connectivity index (χ2n) is 9.65. The van der Waals surface area contributed by atoms with Crippen molar-refractivity contribution in [1.82, 2.24) is 0 Å². The number of halogens is 2. The van der Waals surface area contributed by atoms with Gasteiger partial charge in [-0.25, -0.2) is 4.39 Å². The summed E-state index contributed by atoms with van der Waals surface area (Å²) in [5.41, 5.74) is 5.84. The van der Waals surface area contributed by atoms with Crippen molar-refractivity contribution < 1.29 is 4.39 Å². The molecule has 0 nitrogen and oxygen atoms in total. The standard InChI is InChI=1S/C28H32ClF/c1-18(2)22-14-12-21(17-26(22)30)28(6,7)24-15-13-20(16-25(24)29)27(4,5)23-11-9-8-10-19(23)3/h8-18H,1-7H3. The summed E-state index contributed by atoms with van der Waals surface area (Å²) in [4.78, 5) is 0. The summed E-state index contributed by atoms with van der Waals surface area (Å²) < 4.78 is 14.7. The molecule has 30 heavy (non-hydrogen) atoms. The van der Waals surface area contributed by atoms with Gasteiger partial charge in [0.1, 0.15) is 5.82 Å². The van der Waals surface area contributed by atoms with Gasteiger partial charge in [0, 0.05) is 15.9 Å². The molecule has 3 aromatic rings. The molecule has 3 rings (SSSR count). The second-order valence-corrected chi connectivity index (χ2v) is 10.1. The van der Waals surface area contributed by atoms with Crippen LogP contribution in [0.25, 0.3) is 0 Å². The molecule has 0 saturated carbocycles. The highest BCUT2D eigenvalue weighted by Crippen LogP contribution is 2.40.